The molecule has 1 amide bonds. The highest BCUT2D eigenvalue weighted by atomic mass is 32.2. The minimum atomic E-state index is -0.317. The smallest absolute Gasteiger partial charge is 0.240 e. The number of benzene rings is 1. The average Bonchev–Trinajstić information content (AvgIpc) is 2.98. The topological polar surface area (TPSA) is 60.2 Å². The number of ether oxygens (including phenoxy) is 1. The molecule has 1 saturated heterocycles. The maximum Gasteiger partial charge on any atom is 0.240 e. The van der Waals surface area contributed by atoms with E-state index in [-0.39, 0.29) is 11.2 Å². The molecule has 1 aliphatic heterocycles. The summed E-state index contributed by atoms with van der Waals surface area (Å²) in [6, 6.07) is 9.81. The van der Waals surface area contributed by atoms with Crippen molar-refractivity contribution in [2.75, 3.05) is 26.3 Å². The number of morpholine rings is 1. The van der Waals surface area contributed by atoms with E-state index in [9.17, 15) is 4.79 Å². The van der Waals surface area contributed by atoms with Crippen LogP contribution in [0.15, 0.2) is 41.8 Å². The lowest BCUT2D eigenvalue weighted by Gasteiger charge is -2.30. The molecule has 2 aromatic rings. The summed E-state index contributed by atoms with van der Waals surface area (Å²) in [5.74, 6) is 0.0995. The summed E-state index contributed by atoms with van der Waals surface area (Å²) in [5, 5.41) is 8.39. The van der Waals surface area contributed by atoms with E-state index in [1.54, 1.807) is 6.33 Å². The molecule has 3 rings (SSSR count). The van der Waals surface area contributed by atoms with Gasteiger partial charge in [0.1, 0.15) is 11.6 Å². The molecule has 1 aromatic heterocycles. The third-order valence-electron chi connectivity index (χ3n) is 3.54. The average molecular weight is 318 g/mol. The predicted octanol–water partition coefficient (Wildman–Crippen LogP) is 1.51. The van der Waals surface area contributed by atoms with Crippen LogP contribution in [0.2, 0.25) is 0 Å². The van der Waals surface area contributed by atoms with Gasteiger partial charge in [-0.1, -0.05) is 42.1 Å². The van der Waals surface area contributed by atoms with Crippen LogP contribution in [0.1, 0.15) is 10.8 Å². The van der Waals surface area contributed by atoms with Gasteiger partial charge in [-0.2, -0.15) is 0 Å². The molecule has 2 heterocycles. The second kappa shape index (κ2) is 6.93. The van der Waals surface area contributed by atoms with E-state index in [0.717, 1.165) is 10.7 Å². The highest BCUT2D eigenvalue weighted by Crippen LogP contribution is 2.35. The van der Waals surface area contributed by atoms with Gasteiger partial charge in [0, 0.05) is 20.1 Å². The molecule has 1 aliphatic rings. The minimum absolute atomic E-state index is 0.0995. The Kier molecular flexibility index (Phi) is 4.74. The first kappa shape index (κ1) is 15.1. The molecule has 0 bridgehead atoms. The maximum absolute atomic E-state index is 12.9. The Labute approximate surface area is 133 Å². The molecule has 0 aliphatic carbocycles. The standard InChI is InChI=1S/C15H18N4O2S/c1-18-11-16-17-15(18)22-13(12-5-3-2-4-6-12)14(20)19-7-9-21-10-8-19/h2-6,11,13H,7-10H2,1H3/t13-/m1/s1. The van der Waals surface area contributed by atoms with Crippen molar-refractivity contribution in [3.05, 3.63) is 42.2 Å². The Morgan fingerprint density at radius 1 is 1.27 bits per heavy atom. The largest absolute Gasteiger partial charge is 0.378 e. The molecular weight excluding hydrogens is 300 g/mol. The molecule has 0 unspecified atom stereocenters. The van der Waals surface area contributed by atoms with E-state index in [1.807, 2.05) is 46.8 Å². The van der Waals surface area contributed by atoms with Crippen molar-refractivity contribution < 1.29 is 9.53 Å². The summed E-state index contributed by atoms with van der Waals surface area (Å²) < 4.78 is 7.16. The summed E-state index contributed by atoms with van der Waals surface area (Å²) in [4.78, 5) is 14.8. The second-order valence-corrected chi connectivity index (χ2v) is 6.14. The van der Waals surface area contributed by atoms with Gasteiger partial charge in [0.25, 0.3) is 0 Å². The van der Waals surface area contributed by atoms with Crippen LogP contribution in [0.25, 0.3) is 0 Å². The first-order chi connectivity index (χ1) is 10.8. The highest BCUT2D eigenvalue weighted by molar-refractivity contribution is 8.00. The van der Waals surface area contributed by atoms with E-state index in [2.05, 4.69) is 10.2 Å². The SMILES string of the molecule is Cn1cnnc1S[C@@H](C(=O)N1CCOCC1)c1ccccc1. The Morgan fingerprint density at radius 2 is 2.00 bits per heavy atom. The van der Waals surface area contributed by atoms with Crippen LogP contribution < -0.4 is 0 Å². The van der Waals surface area contributed by atoms with Crippen molar-refractivity contribution in [2.45, 2.75) is 10.4 Å². The molecule has 0 N–H and O–H groups in total. The molecular formula is C15H18N4O2S. The first-order valence-electron chi connectivity index (χ1n) is 7.18. The first-order valence-corrected chi connectivity index (χ1v) is 8.06. The number of hydrogen-bond acceptors (Lipinski definition) is 5. The molecule has 1 fully saturated rings. The fourth-order valence-electron chi connectivity index (χ4n) is 2.32. The molecule has 1 aromatic carbocycles. The van der Waals surface area contributed by atoms with Gasteiger partial charge in [0.15, 0.2) is 5.16 Å². The van der Waals surface area contributed by atoms with Crippen molar-refractivity contribution in [1.29, 1.82) is 0 Å². The fraction of sp³-hybridized carbons (Fsp3) is 0.400. The zero-order valence-corrected chi connectivity index (χ0v) is 13.2. The Morgan fingerprint density at radius 3 is 2.64 bits per heavy atom. The van der Waals surface area contributed by atoms with E-state index in [1.165, 1.54) is 11.8 Å². The predicted molar refractivity (Wildman–Crippen MR) is 83.4 cm³/mol. The number of carbonyl (C=O) groups is 1. The van der Waals surface area contributed by atoms with Gasteiger partial charge in [-0.25, -0.2) is 0 Å². The number of rotatable bonds is 4. The molecule has 1 atom stereocenters. The van der Waals surface area contributed by atoms with Crippen molar-refractivity contribution in [3.63, 3.8) is 0 Å². The zero-order valence-electron chi connectivity index (χ0n) is 12.4. The highest BCUT2D eigenvalue weighted by Gasteiger charge is 2.29. The molecule has 7 heteroatoms. The van der Waals surface area contributed by atoms with Gasteiger partial charge in [0.05, 0.1) is 13.2 Å². The number of thioether (sulfide) groups is 1. The fourth-order valence-corrected chi connectivity index (χ4v) is 3.38. The molecule has 22 heavy (non-hydrogen) atoms. The Hall–Kier alpha value is -1.86. The summed E-state index contributed by atoms with van der Waals surface area (Å²) in [6.07, 6.45) is 1.64. The van der Waals surface area contributed by atoms with E-state index >= 15 is 0 Å². The molecule has 0 radical (unpaired) electrons. The Bertz CT molecular complexity index is 625. The third kappa shape index (κ3) is 3.31. The van der Waals surface area contributed by atoms with Crippen LogP contribution in [0.5, 0.6) is 0 Å². The van der Waals surface area contributed by atoms with Crippen LogP contribution in [0, 0.1) is 0 Å². The number of carbonyl (C=O) groups excluding carboxylic acids is 1. The number of amides is 1. The molecule has 0 spiro atoms. The van der Waals surface area contributed by atoms with Crippen molar-refractivity contribution in [2.24, 2.45) is 7.05 Å². The van der Waals surface area contributed by atoms with Crippen LogP contribution in [-0.4, -0.2) is 51.9 Å². The second-order valence-electron chi connectivity index (χ2n) is 5.07. The zero-order chi connectivity index (χ0) is 15.4. The third-order valence-corrected chi connectivity index (χ3v) is 4.83. The van der Waals surface area contributed by atoms with E-state index in [0.29, 0.717) is 26.3 Å². The summed E-state index contributed by atoms with van der Waals surface area (Å²) in [5.41, 5.74) is 0.979. The van der Waals surface area contributed by atoms with Crippen LogP contribution in [-0.2, 0) is 16.6 Å². The van der Waals surface area contributed by atoms with Crippen molar-refractivity contribution >= 4 is 17.7 Å². The van der Waals surface area contributed by atoms with E-state index < -0.39 is 0 Å². The monoisotopic (exact) mass is 318 g/mol. The van der Waals surface area contributed by atoms with Gasteiger partial charge >= 0.3 is 0 Å². The molecule has 116 valence electrons. The van der Waals surface area contributed by atoms with Gasteiger partial charge in [-0.05, 0) is 5.56 Å². The van der Waals surface area contributed by atoms with Crippen molar-refractivity contribution in [1.82, 2.24) is 19.7 Å². The number of nitrogens with zero attached hydrogens (tertiary/aromatic N) is 4. The minimum Gasteiger partial charge on any atom is -0.378 e. The van der Waals surface area contributed by atoms with E-state index in [4.69, 9.17) is 4.74 Å². The quantitative estimate of drug-likeness (QED) is 0.800. The van der Waals surface area contributed by atoms with Gasteiger partial charge in [-0.3, -0.25) is 4.79 Å². The van der Waals surface area contributed by atoms with Crippen LogP contribution >= 0.6 is 11.8 Å². The van der Waals surface area contributed by atoms with Crippen molar-refractivity contribution in [3.8, 4) is 0 Å². The lowest BCUT2D eigenvalue weighted by Crippen LogP contribution is -2.42. The number of aryl methyl sites for hydroxylation is 1. The number of hydrogen-bond donors (Lipinski definition) is 0. The van der Waals surface area contributed by atoms with Crippen LogP contribution in [0.3, 0.4) is 0 Å². The van der Waals surface area contributed by atoms with Gasteiger partial charge < -0.3 is 14.2 Å². The summed E-state index contributed by atoms with van der Waals surface area (Å²) in [6.45, 7) is 2.48. The van der Waals surface area contributed by atoms with Gasteiger partial charge in [0.2, 0.25) is 5.91 Å². The normalized spacial score (nSPS) is 16.5. The van der Waals surface area contributed by atoms with Gasteiger partial charge in [-0.15, -0.1) is 10.2 Å². The Balaban J connectivity index is 1.85. The molecule has 0 saturated carbocycles. The maximum atomic E-state index is 12.9. The lowest BCUT2D eigenvalue weighted by molar-refractivity contribution is -0.134. The van der Waals surface area contributed by atoms with Crippen LogP contribution in [0.4, 0.5) is 0 Å². The summed E-state index contributed by atoms with van der Waals surface area (Å²) >= 11 is 1.43. The number of aromatic nitrogens is 3. The summed E-state index contributed by atoms with van der Waals surface area (Å²) in [7, 11) is 1.88. The lowest BCUT2D eigenvalue weighted by atomic mass is 10.1. The molecule has 6 nitrogen and oxygen atoms in total.